The van der Waals surface area contributed by atoms with Crippen molar-refractivity contribution in [2.45, 2.75) is 20.3 Å². The van der Waals surface area contributed by atoms with E-state index in [1.165, 1.54) is 5.56 Å². The van der Waals surface area contributed by atoms with E-state index in [-0.39, 0.29) is 11.8 Å². The van der Waals surface area contributed by atoms with Crippen LogP contribution in [0.5, 0.6) is 0 Å². The molecular weight excluding hydrogens is 392 g/mol. The molecule has 4 nitrogen and oxygen atoms in total. The number of rotatable bonds is 2. The summed E-state index contributed by atoms with van der Waals surface area (Å²) >= 11 is 3.45. The second kappa shape index (κ2) is 8.04. The summed E-state index contributed by atoms with van der Waals surface area (Å²) in [5.41, 5.74) is 3.69. The number of halogens is 1. The Kier molecular flexibility index (Phi) is 5.77. The Hall–Kier alpha value is -2.14. The molecule has 0 unspecified atom stereocenters. The van der Waals surface area contributed by atoms with Crippen LogP contribution in [-0.2, 0) is 0 Å². The van der Waals surface area contributed by atoms with Gasteiger partial charge in [0.05, 0.1) is 5.56 Å². The van der Waals surface area contributed by atoms with E-state index in [0.717, 1.165) is 22.0 Å². The molecule has 2 aromatic rings. The van der Waals surface area contributed by atoms with Gasteiger partial charge in [0.15, 0.2) is 0 Å². The maximum atomic E-state index is 12.8. The average Bonchev–Trinajstić information content (AvgIpc) is 2.89. The lowest BCUT2D eigenvalue weighted by Crippen LogP contribution is -2.37. The Labute approximate surface area is 162 Å². The van der Waals surface area contributed by atoms with Gasteiger partial charge in [-0.15, -0.1) is 0 Å². The highest BCUT2D eigenvalue weighted by Crippen LogP contribution is 2.19. The summed E-state index contributed by atoms with van der Waals surface area (Å²) in [6.45, 7) is 6.51. The highest BCUT2D eigenvalue weighted by Gasteiger charge is 2.24. The zero-order chi connectivity index (χ0) is 18.7. The van der Waals surface area contributed by atoms with Crippen molar-refractivity contribution < 1.29 is 9.59 Å². The summed E-state index contributed by atoms with van der Waals surface area (Å²) < 4.78 is 0.803. The van der Waals surface area contributed by atoms with Gasteiger partial charge in [0.1, 0.15) is 0 Å². The van der Waals surface area contributed by atoms with Crippen molar-refractivity contribution in [3.8, 4) is 0 Å². The van der Waals surface area contributed by atoms with Gasteiger partial charge in [-0.3, -0.25) is 9.59 Å². The summed E-state index contributed by atoms with van der Waals surface area (Å²) in [7, 11) is 0. The molecule has 0 bridgehead atoms. The lowest BCUT2D eigenvalue weighted by molar-refractivity contribution is 0.0718. The van der Waals surface area contributed by atoms with Crippen molar-refractivity contribution in [2.24, 2.45) is 0 Å². The van der Waals surface area contributed by atoms with Crippen LogP contribution in [0.25, 0.3) is 0 Å². The van der Waals surface area contributed by atoms with Crippen molar-refractivity contribution in [3.63, 3.8) is 0 Å². The quantitative estimate of drug-likeness (QED) is 0.743. The van der Waals surface area contributed by atoms with E-state index in [2.05, 4.69) is 15.9 Å². The number of hydrogen-bond acceptors (Lipinski definition) is 2. The van der Waals surface area contributed by atoms with Gasteiger partial charge in [-0.05, 0) is 71.6 Å². The van der Waals surface area contributed by atoms with E-state index < -0.39 is 0 Å². The molecule has 0 aromatic heterocycles. The van der Waals surface area contributed by atoms with Crippen molar-refractivity contribution in [2.75, 3.05) is 26.2 Å². The molecule has 5 heteroatoms. The third kappa shape index (κ3) is 3.98. The van der Waals surface area contributed by atoms with E-state index in [4.69, 9.17) is 0 Å². The van der Waals surface area contributed by atoms with Crippen LogP contribution in [0, 0.1) is 13.8 Å². The molecule has 0 atom stereocenters. The molecule has 0 radical (unpaired) electrons. The van der Waals surface area contributed by atoms with E-state index >= 15 is 0 Å². The van der Waals surface area contributed by atoms with Crippen LogP contribution in [0.3, 0.4) is 0 Å². The van der Waals surface area contributed by atoms with Crippen molar-refractivity contribution in [3.05, 3.63) is 69.2 Å². The Morgan fingerprint density at radius 1 is 0.846 bits per heavy atom. The standard InChI is InChI=1S/C21H23BrN2O2/c1-15-8-9-17(14-16(15)2)20(25)23-10-5-11-24(13-12-23)21(26)18-6-3-4-7-19(18)22/h3-4,6-9,14H,5,10-13H2,1-2H3. The maximum absolute atomic E-state index is 12.8. The summed E-state index contributed by atoms with van der Waals surface area (Å²) in [4.78, 5) is 29.3. The summed E-state index contributed by atoms with van der Waals surface area (Å²) in [6.07, 6.45) is 0.785. The van der Waals surface area contributed by atoms with Gasteiger partial charge in [-0.2, -0.15) is 0 Å². The van der Waals surface area contributed by atoms with Gasteiger partial charge >= 0.3 is 0 Å². The molecule has 0 spiro atoms. The molecule has 1 heterocycles. The molecule has 26 heavy (non-hydrogen) atoms. The number of aryl methyl sites for hydroxylation is 2. The highest BCUT2D eigenvalue weighted by molar-refractivity contribution is 9.10. The largest absolute Gasteiger partial charge is 0.337 e. The minimum Gasteiger partial charge on any atom is -0.337 e. The SMILES string of the molecule is Cc1ccc(C(=O)N2CCCN(C(=O)c3ccccc3Br)CC2)cc1C. The van der Waals surface area contributed by atoms with Crippen LogP contribution in [0.1, 0.15) is 38.3 Å². The van der Waals surface area contributed by atoms with E-state index in [1.807, 2.05) is 66.1 Å². The first-order chi connectivity index (χ1) is 12.5. The smallest absolute Gasteiger partial charge is 0.255 e. The van der Waals surface area contributed by atoms with Crippen molar-refractivity contribution in [1.82, 2.24) is 9.80 Å². The topological polar surface area (TPSA) is 40.6 Å². The van der Waals surface area contributed by atoms with Gasteiger partial charge in [0.25, 0.3) is 11.8 Å². The number of hydrogen-bond donors (Lipinski definition) is 0. The lowest BCUT2D eigenvalue weighted by Gasteiger charge is -2.23. The number of amides is 2. The number of carbonyl (C=O) groups is 2. The monoisotopic (exact) mass is 414 g/mol. The fourth-order valence-electron chi connectivity index (χ4n) is 3.19. The first-order valence-electron chi connectivity index (χ1n) is 8.87. The van der Waals surface area contributed by atoms with Crippen LogP contribution >= 0.6 is 15.9 Å². The molecule has 0 saturated carbocycles. The second-order valence-corrected chi connectivity index (χ2v) is 7.57. The van der Waals surface area contributed by atoms with E-state index in [9.17, 15) is 9.59 Å². The first-order valence-corrected chi connectivity index (χ1v) is 9.67. The summed E-state index contributed by atoms with van der Waals surface area (Å²) in [5, 5.41) is 0. The fraction of sp³-hybridized carbons (Fsp3) is 0.333. The molecule has 1 fully saturated rings. The van der Waals surface area contributed by atoms with Gasteiger partial charge in [0, 0.05) is 36.2 Å². The van der Waals surface area contributed by atoms with Crippen molar-refractivity contribution in [1.29, 1.82) is 0 Å². The van der Waals surface area contributed by atoms with Gasteiger partial charge in [-0.25, -0.2) is 0 Å². The van der Waals surface area contributed by atoms with Crippen LogP contribution < -0.4 is 0 Å². The molecule has 1 aliphatic rings. The molecular formula is C21H23BrN2O2. The molecule has 0 aliphatic carbocycles. The zero-order valence-corrected chi connectivity index (χ0v) is 16.8. The Balaban J connectivity index is 1.70. The fourth-order valence-corrected chi connectivity index (χ4v) is 3.64. The Morgan fingerprint density at radius 2 is 1.50 bits per heavy atom. The number of benzene rings is 2. The molecule has 0 N–H and O–H groups in total. The number of nitrogens with zero attached hydrogens (tertiary/aromatic N) is 2. The second-order valence-electron chi connectivity index (χ2n) is 6.72. The molecule has 2 amide bonds. The predicted octanol–water partition coefficient (Wildman–Crippen LogP) is 4.05. The van der Waals surface area contributed by atoms with Gasteiger partial charge < -0.3 is 9.80 Å². The lowest BCUT2D eigenvalue weighted by atomic mass is 10.1. The third-order valence-electron chi connectivity index (χ3n) is 4.93. The molecule has 2 aromatic carbocycles. The zero-order valence-electron chi connectivity index (χ0n) is 15.2. The van der Waals surface area contributed by atoms with Crippen LogP contribution in [0.2, 0.25) is 0 Å². The van der Waals surface area contributed by atoms with Crippen LogP contribution in [0.15, 0.2) is 46.9 Å². The Bertz CT molecular complexity index is 835. The molecule has 1 saturated heterocycles. The Morgan fingerprint density at radius 3 is 2.15 bits per heavy atom. The highest BCUT2D eigenvalue weighted by atomic mass is 79.9. The first kappa shape index (κ1) is 18.6. The van der Waals surface area contributed by atoms with Gasteiger partial charge in [0.2, 0.25) is 0 Å². The average molecular weight is 415 g/mol. The minimum absolute atomic E-state index is 0.0120. The maximum Gasteiger partial charge on any atom is 0.255 e. The minimum atomic E-state index is 0.0120. The molecule has 3 rings (SSSR count). The summed E-state index contributed by atoms with van der Waals surface area (Å²) in [5.74, 6) is 0.0567. The van der Waals surface area contributed by atoms with E-state index in [1.54, 1.807) is 0 Å². The molecule has 1 aliphatic heterocycles. The third-order valence-corrected chi connectivity index (χ3v) is 5.62. The van der Waals surface area contributed by atoms with Gasteiger partial charge in [-0.1, -0.05) is 18.2 Å². The summed E-state index contributed by atoms with van der Waals surface area (Å²) in [6, 6.07) is 13.3. The van der Waals surface area contributed by atoms with Crippen LogP contribution in [-0.4, -0.2) is 47.8 Å². The molecule has 136 valence electrons. The van der Waals surface area contributed by atoms with Crippen molar-refractivity contribution >= 4 is 27.7 Å². The van der Waals surface area contributed by atoms with E-state index in [0.29, 0.717) is 31.7 Å². The normalized spacial score (nSPS) is 14.9. The van der Waals surface area contributed by atoms with Crippen LogP contribution in [0.4, 0.5) is 0 Å². The number of carbonyl (C=O) groups excluding carboxylic acids is 2. The predicted molar refractivity (Wildman–Crippen MR) is 106 cm³/mol.